The molecule has 5 nitrogen and oxygen atoms in total. The second-order valence-electron chi connectivity index (χ2n) is 4.02. The predicted molar refractivity (Wildman–Crippen MR) is 71.0 cm³/mol. The number of rotatable bonds is 3. The zero-order chi connectivity index (χ0) is 15.5. The van der Waals surface area contributed by atoms with Crippen LogP contribution in [0.15, 0.2) is 30.5 Å². The molecule has 0 amide bonds. The van der Waals surface area contributed by atoms with Crippen molar-refractivity contribution < 1.29 is 13.2 Å². The molecule has 2 rings (SSSR count). The molecule has 0 fully saturated rings. The minimum Gasteiger partial charge on any atom is -0.372 e. The third-order valence-corrected chi connectivity index (χ3v) is 2.60. The van der Waals surface area contributed by atoms with Crippen LogP contribution in [0, 0.1) is 11.3 Å². The predicted octanol–water partition coefficient (Wildman–Crippen LogP) is 3.15. The molecule has 8 heteroatoms. The number of hydrogen-bond donors (Lipinski definition) is 2. The first-order chi connectivity index (χ1) is 9.94. The second kappa shape index (κ2) is 5.66. The minimum absolute atomic E-state index is 0.0251. The summed E-state index contributed by atoms with van der Waals surface area (Å²) in [5.74, 6) is -0.286. The van der Waals surface area contributed by atoms with Crippen molar-refractivity contribution in [3.63, 3.8) is 0 Å². The number of aromatic nitrogens is 2. The first-order valence-electron chi connectivity index (χ1n) is 5.83. The van der Waals surface area contributed by atoms with Crippen molar-refractivity contribution in [3.8, 4) is 6.07 Å². The van der Waals surface area contributed by atoms with E-state index in [4.69, 9.17) is 5.26 Å². The lowest BCUT2D eigenvalue weighted by molar-refractivity contribution is -0.137. The maximum absolute atomic E-state index is 12.7. The van der Waals surface area contributed by atoms with Crippen LogP contribution in [0.25, 0.3) is 0 Å². The number of alkyl halides is 3. The van der Waals surface area contributed by atoms with Gasteiger partial charge in [0.1, 0.15) is 11.4 Å². The first kappa shape index (κ1) is 14.6. The van der Waals surface area contributed by atoms with Gasteiger partial charge in [-0.1, -0.05) is 0 Å². The highest BCUT2D eigenvalue weighted by Gasteiger charge is 2.34. The molecule has 0 spiro atoms. The Morgan fingerprint density at radius 3 is 2.38 bits per heavy atom. The van der Waals surface area contributed by atoms with Crippen LogP contribution >= 0.6 is 0 Å². The van der Waals surface area contributed by atoms with E-state index in [9.17, 15) is 13.2 Å². The van der Waals surface area contributed by atoms with Gasteiger partial charge in [-0.3, -0.25) is 0 Å². The molecule has 108 valence electrons. The van der Waals surface area contributed by atoms with Crippen LogP contribution in [0.5, 0.6) is 0 Å². The van der Waals surface area contributed by atoms with Crippen LogP contribution in [0.3, 0.4) is 0 Å². The number of nitrogens with one attached hydrogen (secondary N) is 2. The maximum Gasteiger partial charge on any atom is 0.421 e. The van der Waals surface area contributed by atoms with Gasteiger partial charge in [-0.15, -0.1) is 0 Å². The van der Waals surface area contributed by atoms with E-state index in [1.807, 2.05) is 6.07 Å². The molecule has 0 unspecified atom stereocenters. The zero-order valence-corrected chi connectivity index (χ0v) is 10.9. The first-order valence-corrected chi connectivity index (χ1v) is 5.83. The Labute approximate surface area is 118 Å². The van der Waals surface area contributed by atoms with Gasteiger partial charge in [0.25, 0.3) is 0 Å². The molecule has 0 radical (unpaired) electrons. The summed E-state index contributed by atoms with van der Waals surface area (Å²) in [5.41, 5.74) is 0.107. The van der Waals surface area contributed by atoms with E-state index >= 15 is 0 Å². The molecule has 0 atom stereocenters. The maximum atomic E-state index is 12.7. The molecule has 0 aliphatic carbocycles. The summed E-state index contributed by atoms with van der Waals surface area (Å²) < 4.78 is 38.1. The normalized spacial score (nSPS) is 10.8. The minimum atomic E-state index is -4.52. The van der Waals surface area contributed by atoms with Gasteiger partial charge in [0.15, 0.2) is 0 Å². The van der Waals surface area contributed by atoms with Gasteiger partial charge < -0.3 is 10.6 Å². The molecule has 0 aliphatic rings. The summed E-state index contributed by atoms with van der Waals surface area (Å²) in [6.07, 6.45) is -3.81. The van der Waals surface area contributed by atoms with Crippen molar-refractivity contribution in [2.75, 3.05) is 17.7 Å². The highest BCUT2D eigenvalue weighted by Crippen LogP contribution is 2.33. The Hall–Kier alpha value is -2.82. The van der Waals surface area contributed by atoms with E-state index < -0.39 is 11.7 Å². The summed E-state index contributed by atoms with van der Waals surface area (Å²) in [5, 5.41) is 13.8. The lowest BCUT2D eigenvalue weighted by Gasteiger charge is -2.12. The molecule has 0 saturated heterocycles. The molecule has 0 aliphatic heterocycles. The molecule has 21 heavy (non-hydrogen) atoms. The van der Waals surface area contributed by atoms with Gasteiger partial charge in [0, 0.05) is 18.9 Å². The topological polar surface area (TPSA) is 73.6 Å². The Morgan fingerprint density at radius 1 is 1.19 bits per heavy atom. The fraction of sp³-hybridized carbons (Fsp3) is 0.154. The van der Waals surface area contributed by atoms with Gasteiger partial charge in [0.05, 0.1) is 11.6 Å². The average molecular weight is 293 g/mol. The summed E-state index contributed by atoms with van der Waals surface area (Å²) in [6, 6.07) is 8.34. The molecule has 1 aromatic heterocycles. The number of benzene rings is 1. The number of nitriles is 1. The van der Waals surface area contributed by atoms with Gasteiger partial charge in [0.2, 0.25) is 5.95 Å². The van der Waals surface area contributed by atoms with Gasteiger partial charge in [-0.05, 0) is 24.3 Å². The molecule has 1 aromatic carbocycles. The molecular weight excluding hydrogens is 283 g/mol. The smallest absolute Gasteiger partial charge is 0.372 e. The fourth-order valence-electron chi connectivity index (χ4n) is 1.60. The molecule has 2 N–H and O–H groups in total. The quantitative estimate of drug-likeness (QED) is 0.909. The Balaban J connectivity index is 2.27. The summed E-state index contributed by atoms with van der Waals surface area (Å²) in [6.45, 7) is 0. The van der Waals surface area contributed by atoms with Gasteiger partial charge in [-0.2, -0.15) is 23.4 Å². The van der Waals surface area contributed by atoms with Crippen LogP contribution < -0.4 is 10.6 Å². The Kier molecular flexibility index (Phi) is 3.93. The summed E-state index contributed by atoms with van der Waals surface area (Å²) in [4.78, 5) is 7.42. The van der Waals surface area contributed by atoms with E-state index in [0.717, 1.165) is 0 Å². The fourth-order valence-corrected chi connectivity index (χ4v) is 1.60. The van der Waals surface area contributed by atoms with E-state index in [1.165, 1.54) is 7.05 Å². The zero-order valence-electron chi connectivity index (χ0n) is 10.9. The summed E-state index contributed by atoms with van der Waals surface area (Å²) >= 11 is 0. The number of halogens is 3. The average Bonchev–Trinajstić information content (AvgIpc) is 2.46. The van der Waals surface area contributed by atoms with Crippen LogP contribution in [-0.2, 0) is 6.18 Å². The number of hydrogen-bond acceptors (Lipinski definition) is 5. The van der Waals surface area contributed by atoms with Crippen molar-refractivity contribution in [1.82, 2.24) is 9.97 Å². The van der Waals surface area contributed by atoms with E-state index in [0.29, 0.717) is 17.4 Å². The highest BCUT2D eigenvalue weighted by molar-refractivity contribution is 5.57. The van der Waals surface area contributed by atoms with Crippen LogP contribution in [0.1, 0.15) is 11.1 Å². The third-order valence-electron chi connectivity index (χ3n) is 2.60. The largest absolute Gasteiger partial charge is 0.421 e. The monoisotopic (exact) mass is 293 g/mol. The van der Waals surface area contributed by atoms with Crippen LogP contribution in [0.2, 0.25) is 0 Å². The van der Waals surface area contributed by atoms with Crippen LogP contribution in [0.4, 0.5) is 30.6 Å². The highest BCUT2D eigenvalue weighted by atomic mass is 19.4. The molecule has 2 aromatic rings. The lowest BCUT2D eigenvalue weighted by Crippen LogP contribution is -2.12. The Bertz CT molecular complexity index is 674. The van der Waals surface area contributed by atoms with Crippen molar-refractivity contribution in [2.45, 2.75) is 6.18 Å². The Morgan fingerprint density at radius 2 is 1.86 bits per heavy atom. The standard InChI is InChI=1S/C13H10F3N5/c1-18-11-10(13(14,15)16)7-19-12(21-11)20-9-4-2-8(6-17)3-5-9/h2-5,7H,1H3,(H2,18,19,20,21). The van der Waals surface area contributed by atoms with Crippen molar-refractivity contribution in [3.05, 3.63) is 41.6 Å². The van der Waals surface area contributed by atoms with Crippen LogP contribution in [-0.4, -0.2) is 17.0 Å². The van der Waals surface area contributed by atoms with Crippen molar-refractivity contribution in [2.24, 2.45) is 0 Å². The van der Waals surface area contributed by atoms with Crippen molar-refractivity contribution >= 4 is 17.5 Å². The third kappa shape index (κ3) is 3.39. The SMILES string of the molecule is CNc1nc(Nc2ccc(C#N)cc2)ncc1C(F)(F)F. The van der Waals surface area contributed by atoms with Gasteiger partial charge >= 0.3 is 6.18 Å². The molecule has 0 saturated carbocycles. The lowest BCUT2D eigenvalue weighted by atomic mass is 10.2. The molecular formula is C13H10F3N5. The van der Waals surface area contributed by atoms with E-state index in [2.05, 4.69) is 20.6 Å². The number of anilines is 3. The second-order valence-corrected chi connectivity index (χ2v) is 4.02. The summed E-state index contributed by atoms with van der Waals surface area (Å²) in [7, 11) is 1.35. The number of nitrogens with zero attached hydrogens (tertiary/aromatic N) is 3. The molecule has 1 heterocycles. The van der Waals surface area contributed by atoms with Gasteiger partial charge in [-0.25, -0.2) is 4.98 Å². The van der Waals surface area contributed by atoms with E-state index in [1.54, 1.807) is 24.3 Å². The molecule has 0 bridgehead atoms. The van der Waals surface area contributed by atoms with E-state index in [-0.39, 0.29) is 11.8 Å². The van der Waals surface area contributed by atoms with Crippen molar-refractivity contribution in [1.29, 1.82) is 5.26 Å².